The van der Waals surface area contributed by atoms with Gasteiger partial charge in [0, 0.05) is 38.8 Å². The minimum absolute atomic E-state index is 0.291. The van der Waals surface area contributed by atoms with Crippen LogP contribution in [-0.4, -0.2) is 92.3 Å². The number of nitrogens with zero attached hydrogens (tertiary/aromatic N) is 3. The van der Waals surface area contributed by atoms with Crippen LogP contribution in [0.1, 0.15) is 40.0 Å². The molecule has 0 N–H and O–H groups in total. The van der Waals surface area contributed by atoms with E-state index in [1.165, 1.54) is 25.9 Å². The minimum atomic E-state index is -0.583. The normalized spacial score (nSPS) is 21.5. The van der Waals surface area contributed by atoms with Gasteiger partial charge in [0.2, 0.25) is 6.79 Å². The number of piperidine rings is 1. The summed E-state index contributed by atoms with van der Waals surface area (Å²) in [6.07, 6.45) is 2.68. The second-order valence-electron chi connectivity index (χ2n) is 8.48. The number of esters is 2. The molecule has 0 aromatic carbocycles. The fourth-order valence-electron chi connectivity index (χ4n) is 3.38. The Morgan fingerprint density at radius 2 is 1.58 bits per heavy atom. The minimum Gasteiger partial charge on any atom is -0.428 e. The molecule has 0 aromatic rings. The van der Waals surface area contributed by atoms with Crippen LogP contribution >= 0.6 is 0 Å². The van der Waals surface area contributed by atoms with Crippen molar-refractivity contribution in [3.63, 3.8) is 0 Å². The quantitative estimate of drug-likeness (QED) is 0.515. The van der Waals surface area contributed by atoms with E-state index < -0.39 is 5.41 Å². The van der Waals surface area contributed by atoms with Crippen molar-refractivity contribution in [3.8, 4) is 0 Å². The van der Waals surface area contributed by atoms with E-state index in [2.05, 4.69) is 21.7 Å². The van der Waals surface area contributed by atoms with Crippen LogP contribution < -0.4 is 0 Å². The zero-order chi connectivity index (χ0) is 19.2. The van der Waals surface area contributed by atoms with Crippen LogP contribution in [0.15, 0.2) is 0 Å². The van der Waals surface area contributed by atoms with Gasteiger partial charge in [-0.3, -0.25) is 14.5 Å². The maximum atomic E-state index is 11.8. The summed E-state index contributed by atoms with van der Waals surface area (Å²) < 4.78 is 9.96. The summed E-state index contributed by atoms with van der Waals surface area (Å²) >= 11 is 0. The first kappa shape index (κ1) is 21.1. The van der Waals surface area contributed by atoms with Gasteiger partial charge in [-0.1, -0.05) is 0 Å². The highest BCUT2D eigenvalue weighted by molar-refractivity contribution is 5.75. The van der Waals surface area contributed by atoms with Crippen molar-refractivity contribution in [2.24, 2.45) is 5.41 Å². The highest BCUT2D eigenvalue weighted by Crippen LogP contribution is 2.18. The lowest BCUT2D eigenvalue weighted by Crippen LogP contribution is -2.52. The Labute approximate surface area is 157 Å². The average molecular weight is 370 g/mol. The lowest BCUT2D eigenvalue weighted by Gasteiger charge is -2.42. The summed E-state index contributed by atoms with van der Waals surface area (Å²) in [5.74, 6) is -0.677. The van der Waals surface area contributed by atoms with E-state index in [-0.39, 0.29) is 18.7 Å². The number of carbonyl (C=O) groups is 2. The Bertz CT molecular complexity index is 462. The lowest BCUT2D eigenvalue weighted by molar-refractivity contribution is -0.173. The third-order valence-electron chi connectivity index (χ3n) is 5.27. The number of piperazine rings is 1. The lowest BCUT2D eigenvalue weighted by atomic mass is 9.98. The van der Waals surface area contributed by atoms with Crippen molar-refractivity contribution in [3.05, 3.63) is 0 Å². The number of rotatable bonds is 6. The van der Waals surface area contributed by atoms with E-state index in [4.69, 9.17) is 9.47 Å². The van der Waals surface area contributed by atoms with Gasteiger partial charge in [-0.2, -0.15) is 0 Å². The van der Waals surface area contributed by atoms with Gasteiger partial charge in [0.25, 0.3) is 0 Å². The van der Waals surface area contributed by atoms with Gasteiger partial charge < -0.3 is 19.3 Å². The molecule has 2 heterocycles. The third-order valence-corrected chi connectivity index (χ3v) is 5.27. The molecule has 2 rings (SSSR count). The highest BCUT2D eigenvalue weighted by Gasteiger charge is 2.27. The van der Waals surface area contributed by atoms with Crippen LogP contribution in [0, 0.1) is 5.41 Å². The molecule has 26 heavy (non-hydrogen) atoms. The Morgan fingerprint density at radius 1 is 0.962 bits per heavy atom. The molecule has 7 heteroatoms. The molecule has 0 saturated carbocycles. The second-order valence-corrected chi connectivity index (χ2v) is 8.48. The maximum absolute atomic E-state index is 11.8. The Balaban J connectivity index is 1.56. The van der Waals surface area contributed by atoms with Crippen molar-refractivity contribution in [2.45, 2.75) is 46.1 Å². The zero-order valence-electron chi connectivity index (χ0n) is 16.8. The van der Waals surface area contributed by atoms with E-state index >= 15 is 0 Å². The van der Waals surface area contributed by atoms with E-state index in [1.807, 2.05) is 0 Å². The largest absolute Gasteiger partial charge is 0.428 e. The summed E-state index contributed by atoms with van der Waals surface area (Å²) in [5.41, 5.74) is -0.583. The summed E-state index contributed by atoms with van der Waals surface area (Å²) in [4.78, 5) is 30.7. The molecule has 0 atom stereocenters. The number of likely N-dealkylation sites (tertiary alicyclic amines) is 1. The predicted octanol–water partition coefficient (Wildman–Crippen LogP) is 1.18. The monoisotopic (exact) mass is 369 g/mol. The van der Waals surface area contributed by atoms with Crippen LogP contribution in [0.2, 0.25) is 0 Å². The molecule has 2 aliphatic rings. The van der Waals surface area contributed by atoms with Crippen molar-refractivity contribution < 1.29 is 19.1 Å². The molecule has 7 nitrogen and oxygen atoms in total. The van der Waals surface area contributed by atoms with E-state index in [0.717, 1.165) is 26.2 Å². The summed E-state index contributed by atoms with van der Waals surface area (Å²) in [6, 6.07) is 0.684. The topological polar surface area (TPSA) is 62.3 Å². The van der Waals surface area contributed by atoms with Gasteiger partial charge in [-0.15, -0.1) is 0 Å². The molecular weight excluding hydrogens is 334 g/mol. The first-order valence-corrected chi connectivity index (χ1v) is 9.73. The first-order valence-electron chi connectivity index (χ1n) is 9.73. The smallest absolute Gasteiger partial charge is 0.314 e. The molecule has 0 spiro atoms. The third kappa shape index (κ3) is 6.85. The number of hydrogen-bond donors (Lipinski definition) is 0. The Hall–Kier alpha value is -1.18. The fraction of sp³-hybridized carbons (Fsp3) is 0.895. The van der Waals surface area contributed by atoms with Crippen molar-refractivity contribution in [1.82, 2.24) is 14.7 Å². The summed E-state index contributed by atoms with van der Waals surface area (Å²) in [5, 5.41) is 0. The van der Waals surface area contributed by atoms with Crippen LogP contribution in [0.5, 0.6) is 0 Å². The molecule has 0 aliphatic carbocycles. The molecule has 0 radical (unpaired) electrons. The maximum Gasteiger partial charge on any atom is 0.314 e. The fourth-order valence-corrected chi connectivity index (χ4v) is 3.38. The SMILES string of the molecule is CN1CCN(C2CCN(CCC(=O)OCOC(=O)C(C)(C)C)CC2)CC1. The molecule has 0 aromatic heterocycles. The van der Waals surface area contributed by atoms with Crippen LogP contribution in [-0.2, 0) is 19.1 Å². The number of likely N-dealkylation sites (N-methyl/N-ethyl adjacent to an activating group) is 1. The van der Waals surface area contributed by atoms with Crippen LogP contribution in [0.3, 0.4) is 0 Å². The van der Waals surface area contributed by atoms with Gasteiger partial charge in [0.15, 0.2) is 0 Å². The molecule has 2 fully saturated rings. The van der Waals surface area contributed by atoms with Crippen LogP contribution in [0.25, 0.3) is 0 Å². The second kappa shape index (κ2) is 9.67. The van der Waals surface area contributed by atoms with Gasteiger partial charge in [0.1, 0.15) is 0 Å². The van der Waals surface area contributed by atoms with E-state index in [1.54, 1.807) is 20.8 Å². The van der Waals surface area contributed by atoms with Gasteiger partial charge in [-0.25, -0.2) is 0 Å². The molecule has 2 saturated heterocycles. The standard InChI is InChI=1S/C19H35N3O4/c1-19(2,3)18(24)26-15-25-17(23)7-10-21-8-5-16(6-9-21)22-13-11-20(4)12-14-22/h16H,5-15H2,1-4H3. The van der Waals surface area contributed by atoms with Crippen molar-refractivity contribution in [1.29, 1.82) is 0 Å². The van der Waals surface area contributed by atoms with Crippen LogP contribution in [0.4, 0.5) is 0 Å². The molecule has 0 unspecified atom stereocenters. The summed E-state index contributed by atoms with van der Waals surface area (Å²) in [6.45, 7) is 12.4. The first-order chi connectivity index (χ1) is 12.3. The Morgan fingerprint density at radius 3 is 2.15 bits per heavy atom. The van der Waals surface area contributed by atoms with Crippen molar-refractivity contribution in [2.75, 3.05) is 59.7 Å². The molecule has 150 valence electrons. The van der Waals surface area contributed by atoms with E-state index in [9.17, 15) is 9.59 Å². The van der Waals surface area contributed by atoms with Crippen molar-refractivity contribution >= 4 is 11.9 Å². The number of ether oxygens (including phenoxy) is 2. The van der Waals surface area contributed by atoms with Gasteiger partial charge in [-0.05, 0) is 53.8 Å². The van der Waals surface area contributed by atoms with E-state index in [0.29, 0.717) is 19.0 Å². The van der Waals surface area contributed by atoms with Gasteiger partial charge >= 0.3 is 11.9 Å². The number of carbonyl (C=O) groups excluding carboxylic acids is 2. The molecular formula is C19H35N3O4. The predicted molar refractivity (Wildman–Crippen MR) is 99.7 cm³/mol. The summed E-state index contributed by atoms with van der Waals surface area (Å²) in [7, 11) is 2.18. The molecule has 2 aliphatic heterocycles. The Kier molecular flexibility index (Phi) is 7.85. The average Bonchev–Trinajstić information content (AvgIpc) is 2.60. The zero-order valence-corrected chi connectivity index (χ0v) is 16.8. The number of hydrogen-bond acceptors (Lipinski definition) is 7. The highest BCUT2D eigenvalue weighted by atomic mass is 16.7. The molecule has 0 bridgehead atoms. The molecule has 0 amide bonds. The van der Waals surface area contributed by atoms with Gasteiger partial charge in [0.05, 0.1) is 11.8 Å².